The maximum atomic E-state index is 11.3. The highest BCUT2D eigenvalue weighted by Crippen LogP contribution is 2.23. The lowest BCUT2D eigenvalue weighted by atomic mass is 10.7. The third-order valence-corrected chi connectivity index (χ3v) is 0.491. The molecule has 48 valence electrons. The first-order valence-electron chi connectivity index (χ1n) is 1.52. The summed E-state index contributed by atoms with van der Waals surface area (Å²) in [6, 6.07) is 0. The number of alkyl halides is 3. The molecule has 0 unspecified atom stereocenters. The quantitative estimate of drug-likeness (QED) is 0.524. The van der Waals surface area contributed by atoms with Crippen LogP contribution in [-0.2, 0) is 0 Å². The second-order valence-electron chi connectivity index (χ2n) is 0.976. The van der Waals surface area contributed by atoms with Crippen molar-refractivity contribution in [3.8, 4) is 0 Å². The Morgan fingerprint density at radius 1 is 1.50 bits per heavy atom. The van der Waals surface area contributed by atoms with Crippen molar-refractivity contribution >= 4 is 23.2 Å². The maximum absolute atomic E-state index is 11.3. The molecule has 0 aliphatic carbocycles. The Morgan fingerprint density at radius 3 is 1.88 bits per heavy atom. The third kappa shape index (κ3) is 6.11. The van der Waals surface area contributed by atoms with Gasteiger partial charge in [-0.2, -0.15) is 13.2 Å². The fourth-order valence-electron chi connectivity index (χ4n) is 0.124. The maximum Gasteiger partial charge on any atom is 0.345 e. The molecule has 0 atom stereocenters. The summed E-state index contributed by atoms with van der Waals surface area (Å²) in [6.45, 7) is 0. The van der Waals surface area contributed by atoms with Crippen LogP contribution in [0.1, 0.15) is 0 Å². The topological polar surface area (TPSA) is 0 Å². The van der Waals surface area contributed by atoms with E-state index in [9.17, 15) is 13.2 Å². The number of allylic oxidation sites excluding steroid dienone is 1. The largest absolute Gasteiger partial charge is 0.345 e. The molecular formula is C3HCl2F3. The van der Waals surface area contributed by atoms with Crippen LogP contribution in [0.2, 0.25) is 0 Å². The molecule has 0 fully saturated rings. The molecule has 0 rings (SSSR count). The minimum absolute atomic E-state index is 0.198. The normalized spacial score (nSPS) is 14.4. The molecule has 0 aromatic carbocycles. The van der Waals surface area contributed by atoms with Crippen molar-refractivity contribution in [2.24, 2.45) is 0 Å². The van der Waals surface area contributed by atoms with Crippen molar-refractivity contribution in [1.82, 2.24) is 0 Å². The molecule has 0 amide bonds. The van der Waals surface area contributed by atoms with Crippen LogP contribution in [0, 0.1) is 0 Å². The fourth-order valence-corrected chi connectivity index (χ4v) is 0.412. The van der Waals surface area contributed by atoms with E-state index in [-0.39, 0.29) is 6.08 Å². The van der Waals surface area contributed by atoms with Crippen molar-refractivity contribution in [3.63, 3.8) is 0 Å². The van der Waals surface area contributed by atoms with E-state index < -0.39 is 10.7 Å². The van der Waals surface area contributed by atoms with E-state index in [1.165, 1.54) is 0 Å². The summed E-state index contributed by atoms with van der Waals surface area (Å²) >= 11 is 8.59. The zero-order chi connectivity index (χ0) is 6.78. The second kappa shape index (κ2) is 2.60. The summed E-state index contributed by atoms with van der Waals surface area (Å²) in [4.78, 5) is 0. The summed E-state index contributed by atoms with van der Waals surface area (Å²) < 4.78 is 33.9. The average molecular weight is 165 g/mol. The first kappa shape index (κ1) is 8.11. The Balaban J connectivity index is 3.89. The fraction of sp³-hybridized carbons (Fsp3) is 0.333. The number of hydrogen-bond donors (Lipinski definition) is 0. The molecule has 0 saturated carbocycles. The standard InChI is InChI=1S/C3HCl2F3/c4-2(6)1-3(5,7)8/h1H/b2-1-. The molecular weight excluding hydrogens is 164 g/mol. The van der Waals surface area contributed by atoms with Crippen LogP contribution in [0.5, 0.6) is 0 Å². The first-order valence-corrected chi connectivity index (χ1v) is 2.28. The van der Waals surface area contributed by atoms with E-state index in [1.54, 1.807) is 0 Å². The molecule has 5 heteroatoms. The SMILES string of the molecule is F/C(Cl)=C\C(F)(F)Cl. The minimum atomic E-state index is -3.67. The summed E-state index contributed by atoms with van der Waals surface area (Å²) in [5.74, 6) is 0. The molecule has 0 N–H and O–H groups in total. The highest BCUT2D eigenvalue weighted by molar-refractivity contribution is 6.29. The Morgan fingerprint density at radius 2 is 1.88 bits per heavy atom. The average Bonchev–Trinajstić information content (AvgIpc) is 1.21. The number of halogens is 5. The van der Waals surface area contributed by atoms with E-state index in [1.807, 2.05) is 0 Å². The molecule has 8 heavy (non-hydrogen) atoms. The van der Waals surface area contributed by atoms with Gasteiger partial charge in [-0.1, -0.05) is 11.6 Å². The van der Waals surface area contributed by atoms with Gasteiger partial charge in [-0.3, -0.25) is 0 Å². The highest BCUT2D eigenvalue weighted by Gasteiger charge is 2.21. The van der Waals surface area contributed by atoms with E-state index in [2.05, 4.69) is 23.2 Å². The molecule has 0 heterocycles. The van der Waals surface area contributed by atoms with Gasteiger partial charge in [0.2, 0.25) is 0 Å². The van der Waals surface area contributed by atoms with Crippen LogP contribution in [-0.4, -0.2) is 5.38 Å². The third-order valence-electron chi connectivity index (χ3n) is 0.273. The van der Waals surface area contributed by atoms with Crippen molar-refractivity contribution < 1.29 is 13.2 Å². The molecule has 0 radical (unpaired) electrons. The van der Waals surface area contributed by atoms with Crippen LogP contribution in [0.3, 0.4) is 0 Å². The van der Waals surface area contributed by atoms with Crippen LogP contribution < -0.4 is 0 Å². The lowest BCUT2D eigenvalue weighted by Gasteiger charge is -1.96. The van der Waals surface area contributed by atoms with Crippen LogP contribution in [0.4, 0.5) is 13.2 Å². The smallest absolute Gasteiger partial charge is 0.194 e. The van der Waals surface area contributed by atoms with E-state index in [0.717, 1.165) is 0 Å². The summed E-state index contributed by atoms with van der Waals surface area (Å²) in [5.41, 5.74) is 0. The van der Waals surface area contributed by atoms with Crippen LogP contribution in [0.25, 0.3) is 0 Å². The zero-order valence-electron chi connectivity index (χ0n) is 3.47. The monoisotopic (exact) mass is 164 g/mol. The summed E-state index contributed by atoms with van der Waals surface area (Å²) in [6.07, 6.45) is -0.198. The predicted molar refractivity (Wildman–Crippen MR) is 25.8 cm³/mol. The zero-order valence-corrected chi connectivity index (χ0v) is 4.98. The van der Waals surface area contributed by atoms with Gasteiger partial charge in [0.15, 0.2) is 5.29 Å². The molecule has 0 aromatic rings. The van der Waals surface area contributed by atoms with Gasteiger partial charge in [0.25, 0.3) is 0 Å². The summed E-state index contributed by atoms with van der Waals surface area (Å²) in [5, 5.41) is -5.18. The Labute approximate surface area is 53.9 Å². The Bertz CT molecular complexity index is 99.6. The molecule has 0 aliphatic heterocycles. The van der Waals surface area contributed by atoms with Gasteiger partial charge < -0.3 is 0 Å². The van der Waals surface area contributed by atoms with E-state index in [0.29, 0.717) is 0 Å². The molecule has 0 aliphatic rings. The van der Waals surface area contributed by atoms with Gasteiger partial charge in [0, 0.05) is 6.08 Å². The lowest BCUT2D eigenvalue weighted by Crippen LogP contribution is -1.98. The number of rotatable bonds is 1. The first-order chi connectivity index (χ1) is 3.42. The van der Waals surface area contributed by atoms with Crippen molar-refractivity contribution in [3.05, 3.63) is 11.4 Å². The highest BCUT2D eigenvalue weighted by atomic mass is 35.5. The van der Waals surface area contributed by atoms with Gasteiger partial charge in [0.05, 0.1) is 0 Å². The Hall–Kier alpha value is 0.110. The summed E-state index contributed by atoms with van der Waals surface area (Å²) in [7, 11) is 0. The van der Waals surface area contributed by atoms with Gasteiger partial charge in [-0.15, -0.1) is 0 Å². The minimum Gasteiger partial charge on any atom is -0.194 e. The van der Waals surface area contributed by atoms with Gasteiger partial charge in [-0.05, 0) is 11.6 Å². The molecule has 0 nitrogen and oxygen atoms in total. The molecule has 0 bridgehead atoms. The van der Waals surface area contributed by atoms with Crippen molar-refractivity contribution in [2.45, 2.75) is 5.38 Å². The van der Waals surface area contributed by atoms with Crippen LogP contribution >= 0.6 is 23.2 Å². The molecule has 0 saturated heterocycles. The Kier molecular flexibility index (Phi) is 2.63. The van der Waals surface area contributed by atoms with Crippen molar-refractivity contribution in [2.75, 3.05) is 0 Å². The lowest BCUT2D eigenvalue weighted by molar-refractivity contribution is 0.151. The van der Waals surface area contributed by atoms with Gasteiger partial charge in [0.1, 0.15) is 0 Å². The van der Waals surface area contributed by atoms with E-state index in [4.69, 9.17) is 0 Å². The van der Waals surface area contributed by atoms with E-state index >= 15 is 0 Å². The predicted octanol–water partition coefficient (Wildman–Crippen LogP) is 2.87. The van der Waals surface area contributed by atoms with Gasteiger partial charge >= 0.3 is 5.38 Å². The second-order valence-corrected chi connectivity index (χ2v) is 1.84. The van der Waals surface area contributed by atoms with Crippen LogP contribution in [0.15, 0.2) is 11.4 Å². The van der Waals surface area contributed by atoms with Crippen molar-refractivity contribution in [1.29, 1.82) is 0 Å². The number of hydrogen-bond acceptors (Lipinski definition) is 0. The molecule has 0 spiro atoms. The molecule has 0 aromatic heterocycles. The van der Waals surface area contributed by atoms with Gasteiger partial charge in [-0.25, -0.2) is 0 Å².